The summed E-state index contributed by atoms with van der Waals surface area (Å²) in [5, 5.41) is 0. The van der Waals surface area contributed by atoms with E-state index in [1.165, 1.54) is 0 Å². The van der Waals surface area contributed by atoms with Crippen LogP contribution in [-0.4, -0.2) is 36.6 Å². The Morgan fingerprint density at radius 1 is 0.229 bits per heavy atom. The Morgan fingerprint density at radius 2 is 0.292 bits per heavy atom. The van der Waals surface area contributed by atoms with Gasteiger partial charge in [0.1, 0.15) is 36.6 Å². The van der Waals surface area contributed by atoms with Crippen molar-refractivity contribution in [2.75, 3.05) is 0 Å². The molecule has 0 spiro atoms. The van der Waals surface area contributed by atoms with Gasteiger partial charge in [0.2, 0.25) is 0 Å². The fourth-order valence-corrected chi connectivity index (χ4v) is 5.96. The maximum Gasteiger partial charge on any atom is 1.00 e. The van der Waals surface area contributed by atoms with Crippen LogP contribution in [0.5, 0.6) is 0 Å². The first kappa shape index (κ1) is 88.7. The van der Waals surface area contributed by atoms with Gasteiger partial charge in [-0.15, -0.1) is 0 Å². The molecule has 336 valence electrons. The van der Waals surface area contributed by atoms with Crippen LogP contribution in [0.15, 0.2) is 0 Å². The Hall–Kier alpha value is 9.54. The van der Waals surface area contributed by atoms with Gasteiger partial charge < -0.3 is 113 Å². The minimum Gasteiger partial charge on any atom is -0.790 e. The fraction of sp³-hybridized carbons (Fsp3) is 1.00. The summed E-state index contributed by atoms with van der Waals surface area (Å²) < 4.78 is 88.3. The predicted molar refractivity (Wildman–Crippen MR) is 74.9 cm³/mol. The Labute approximate surface area is 457 Å². The number of hydrogen-bond acceptors (Lipinski definition) is 24. The molecule has 0 radical (unpaired) electrons. The van der Waals surface area contributed by atoms with Crippen molar-refractivity contribution in [2.24, 2.45) is 0 Å². The molecule has 0 heterocycles. The van der Waals surface area contributed by atoms with E-state index < -0.39 is 83.6 Å². The summed E-state index contributed by atoms with van der Waals surface area (Å²) in [5.74, 6) is 0. The molecule has 0 amide bonds. The number of hydrogen-bond donors (Lipinski definition) is 0. The molecule has 0 atom stereocenters. The van der Waals surface area contributed by atoms with Crippen LogP contribution >= 0.6 is 46.9 Å². The third kappa shape index (κ3) is 40.9. The van der Waals surface area contributed by atoms with Crippen molar-refractivity contribution >= 4 is 46.9 Å². The summed E-state index contributed by atoms with van der Waals surface area (Å²) in [6, 6.07) is 0. The van der Waals surface area contributed by atoms with Crippen LogP contribution in [0.1, 0.15) is 0 Å². The van der Waals surface area contributed by atoms with E-state index >= 15 is 0 Å². The van der Waals surface area contributed by atoms with Crippen LogP contribution in [0, 0.1) is 0 Å². The Balaban J connectivity index is -0.000000108. The number of phosphoric acid groups is 6. The summed E-state index contributed by atoms with van der Waals surface area (Å²) in [7, 11) is -40.1. The molecular formula is C6H6Ag12O24P6. The average molecular weight is 1940 g/mol. The summed E-state index contributed by atoms with van der Waals surface area (Å²) >= 11 is 0. The first-order chi connectivity index (χ1) is 15.6. The summed E-state index contributed by atoms with van der Waals surface area (Å²) in [4.78, 5) is 133. The molecule has 1 rings (SSSR count). The van der Waals surface area contributed by atoms with Gasteiger partial charge in [-0.1, -0.05) is 0 Å². The summed E-state index contributed by atoms with van der Waals surface area (Å²) in [5.41, 5.74) is 0. The second-order valence-corrected chi connectivity index (χ2v) is 12.7. The maximum atomic E-state index is 11.1. The zero-order valence-electron chi connectivity index (χ0n) is 19.6. The van der Waals surface area contributed by atoms with Crippen LogP contribution in [0.25, 0.3) is 0 Å². The third-order valence-corrected chi connectivity index (χ3v) is 6.46. The van der Waals surface area contributed by atoms with Gasteiger partial charge in [0.15, 0.2) is 0 Å². The van der Waals surface area contributed by atoms with Crippen molar-refractivity contribution in [1.29, 1.82) is 0 Å². The Morgan fingerprint density at radius 3 is 0.333 bits per heavy atom. The SMILES string of the molecule is O=P([O-])([O-])O[C@H]1[C@H](OP(=O)([O-])[O-])[C@@H](OP(=O)([O-])[O-])[C@H](OP(=O)([O-])[O-])[C@@H](OP(=O)([O-])[O-])[C@H]1OP(=O)([O-])[O-].[Ag+].[Ag+].[Ag+].[Ag+].[Ag+].[Ag+].[Ag+].[Ag+].[Ag+].[Ag+].[Ag+].[Ag+]. The molecule has 0 N–H and O–H groups in total. The van der Waals surface area contributed by atoms with E-state index in [0.717, 1.165) is 0 Å². The molecular weight excluding hydrogens is 1940 g/mol. The molecule has 1 aliphatic rings. The van der Waals surface area contributed by atoms with E-state index in [0.29, 0.717) is 0 Å². The van der Waals surface area contributed by atoms with Crippen molar-refractivity contribution in [3.8, 4) is 0 Å². The quantitative estimate of drug-likeness (QED) is 0.129. The zero-order valence-corrected chi connectivity index (χ0v) is 42.7. The minimum atomic E-state index is -6.68. The summed E-state index contributed by atoms with van der Waals surface area (Å²) in [6.45, 7) is 0. The molecule has 0 unspecified atom stereocenters. The molecule has 0 aromatic heterocycles. The smallest absolute Gasteiger partial charge is 0.790 e. The molecule has 0 aromatic carbocycles. The first-order valence-corrected chi connectivity index (χ1v) is 16.6. The predicted octanol–water partition coefficient (Wildman–Crippen LogP) is -10.7. The molecule has 0 saturated heterocycles. The van der Waals surface area contributed by atoms with E-state index in [9.17, 15) is 86.1 Å². The molecule has 42 heteroatoms. The van der Waals surface area contributed by atoms with Crippen LogP contribution in [0.2, 0.25) is 0 Å². The second-order valence-electron chi connectivity index (χ2n) is 6.10. The van der Waals surface area contributed by atoms with Gasteiger partial charge in [-0.3, -0.25) is 0 Å². The molecule has 48 heavy (non-hydrogen) atoms. The number of rotatable bonds is 12. The van der Waals surface area contributed by atoms with Crippen molar-refractivity contribution in [2.45, 2.75) is 36.6 Å². The molecule has 1 saturated carbocycles. The third-order valence-electron chi connectivity index (χ3n) is 3.45. The fourth-order valence-electron chi connectivity index (χ4n) is 2.74. The van der Waals surface area contributed by atoms with E-state index in [1.807, 2.05) is 0 Å². The van der Waals surface area contributed by atoms with E-state index in [-0.39, 0.29) is 269 Å². The topological polar surface area (TPSA) is 435 Å². The normalized spacial score (nSPS) is 22.0. The Kier molecular flexibility index (Phi) is 66.6. The van der Waals surface area contributed by atoms with Gasteiger partial charge in [0, 0.05) is 0 Å². The van der Waals surface area contributed by atoms with Gasteiger partial charge >= 0.3 is 269 Å². The monoisotopic (exact) mass is 1930 g/mol. The van der Waals surface area contributed by atoms with Crippen LogP contribution in [-0.2, 0) is 323 Å². The number of phosphoric ester groups is 6. The summed E-state index contributed by atoms with van der Waals surface area (Å²) in [6.07, 6.45) is -21.5. The zero-order chi connectivity index (χ0) is 28.7. The van der Waals surface area contributed by atoms with Crippen LogP contribution < -0.4 is 58.7 Å². The van der Waals surface area contributed by atoms with Gasteiger partial charge in [-0.05, 0) is 0 Å². The van der Waals surface area contributed by atoms with Gasteiger partial charge in [-0.25, -0.2) is 0 Å². The molecule has 0 aliphatic heterocycles. The molecule has 0 aromatic rings. The standard InChI is InChI=1S/C6H18O24P6.12Ag/c7-31(8,9)25-1-2(26-32(10,11)12)4(28-34(16,17)18)6(30-36(22,23)24)5(29-35(19,20)21)3(1)27-33(13,14)15;;;;;;;;;;;;/h1-6H,(H2,7,8,9)(H2,10,11,12)(H2,13,14,15)(H2,16,17,18)(H2,19,20,21)(H2,22,23,24);;;;;;;;;;;;/q;12*+1/p-12/t1-,2-,3-,4+,5-,6-;;;;;;;;;;;;. The van der Waals surface area contributed by atoms with Crippen molar-refractivity contribution < 1.29 is 382 Å². The van der Waals surface area contributed by atoms with Crippen molar-refractivity contribution in [3.63, 3.8) is 0 Å². The van der Waals surface area contributed by atoms with E-state index in [1.54, 1.807) is 0 Å². The minimum absolute atomic E-state index is 0. The average Bonchev–Trinajstić information content (AvgIpc) is 2.51. The molecule has 0 bridgehead atoms. The molecule has 24 nitrogen and oxygen atoms in total. The van der Waals surface area contributed by atoms with E-state index in [4.69, 9.17) is 0 Å². The van der Waals surface area contributed by atoms with Gasteiger partial charge in [0.05, 0.1) is 46.9 Å². The molecule has 1 aliphatic carbocycles. The van der Waals surface area contributed by atoms with Gasteiger partial charge in [0.25, 0.3) is 0 Å². The van der Waals surface area contributed by atoms with Crippen LogP contribution in [0.4, 0.5) is 0 Å². The molecule has 1 fully saturated rings. The first-order valence-electron chi connectivity index (χ1n) is 7.80. The van der Waals surface area contributed by atoms with Crippen LogP contribution in [0.3, 0.4) is 0 Å². The Bertz CT molecular complexity index is 857. The van der Waals surface area contributed by atoms with Crippen molar-refractivity contribution in [3.05, 3.63) is 0 Å². The van der Waals surface area contributed by atoms with Crippen molar-refractivity contribution in [1.82, 2.24) is 0 Å². The van der Waals surface area contributed by atoms with E-state index in [2.05, 4.69) is 27.1 Å². The maximum absolute atomic E-state index is 11.1. The van der Waals surface area contributed by atoms with Gasteiger partial charge in [-0.2, -0.15) is 0 Å². The largest absolute Gasteiger partial charge is 1.00 e. The second kappa shape index (κ2) is 36.1.